The summed E-state index contributed by atoms with van der Waals surface area (Å²) < 4.78 is 47.3. The van der Waals surface area contributed by atoms with Crippen molar-refractivity contribution in [3.8, 4) is 0 Å². The van der Waals surface area contributed by atoms with Gasteiger partial charge in [0.1, 0.15) is 18.8 Å². The summed E-state index contributed by atoms with van der Waals surface area (Å²) in [5, 5.41) is 0. The SMILES string of the molecule is CCCCCCCCCCCCCC(=O)OC(COP(=O)([O-])[O-])C(CC(COC(=O)OCC)OC(=O)OCC)OC(=O)CCCCCCCCCCCCC.[Ca+2]. The molecule has 0 rings (SSSR count). The van der Waals surface area contributed by atoms with Crippen LogP contribution in [-0.4, -0.2) is 107 Å². The zero-order chi connectivity index (χ0) is 41.0. The van der Waals surface area contributed by atoms with Crippen molar-refractivity contribution in [3.05, 3.63) is 0 Å². The van der Waals surface area contributed by atoms with Crippen molar-refractivity contribution in [1.82, 2.24) is 0 Å². The maximum absolute atomic E-state index is 13.1. The Morgan fingerprint density at radius 2 is 0.857 bits per heavy atom. The molecule has 0 spiro atoms. The summed E-state index contributed by atoms with van der Waals surface area (Å²) in [4.78, 5) is 73.4. The summed E-state index contributed by atoms with van der Waals surface area (Å²) >= 11 is 0. The van der Waals surface area contributed by atoms with Gasteiger partial charge in [-0.15, -0.1) is 0 Å². The van der Waals surface area contributed by atoms with Crippen LogP contribution in [0.2, 0.25) is 0 Å². The average Bonchev–Trinajstić information content (AvgIpc) is 3.13. The van der Waals surface area contributed by atoms with Crippen LogP contribution < -0.4 is 9.79 Å². The van der Waals surface area contributed by atoms with Crippen LogP contribution in [0.15, 0.2) is 0 Å². The first kappa shape index (κ1) is 56.9. The van der Waals surface area contributed by atoms with Crippen molar-refractivity contribution < 1.29 is 66.5 Å². The number of hydrogen-bond donors (Lipinski definition) is 0. The quantitative estimate of drug-likeness (QED) is 0.0189. The molecule has 0 aliphatic carbocycles. The zero-order valence-electron chi connectivity index (χ0n) is 35.1. The summed E-state index contributed by atoms with van der Waals surface area (Å²) in [5.74, 6) is -1.39. The van der Waals surface area contributed by atoms with E-state index >= 15 is 0 Å². The molecule has 0 N–H and O–H groups in total. The van der Waals surface area contributed by atoms with E-state index in [1.165, 1.54) is 77.0 Å². The Hall–Kier alpha value is -1.15. The number of unbranched alkanes of at least 4 members (excludes halogenated alkanes) is 20. The molecule has 0 aromatic carbocycles. The molecule has 0 amide bonds. The van der Waals surface area contributed by atoms with Crippen LogP contribution >= 0.6 is 7.82 Å². The number of carbonyl (C=O) groups excluding carboxylic acids is 4. The minimum Gasteiger partial charge on any atom is -0.790 e. The van der Waals surface area contributed by atoms with Crippen LogP contribution in [0.3, 0.4) is 0 Å². The molecule has 0 radical (unpaired) electrons. The maximum atomic E-state index is 13.1. The smallest absolute Gasteiger partial charge is 0.790 e. The van der Waals surface area contributed by atoms with Gasteiger partial charge in [-0.1, -0.05) is 142 Å². The van der Waals surface area contributed by atoms with Crippen molar-refractivity contribution in [2.45, 2.75) is 207 Å². The van der Waals surface area contributed by atoms with E-state index < -0.39 is 70.0 Å². The van der Waals surface area contributed by atoms with Crippen molar-refractivity contribution in [2.75, 3.05) is 26.4 Å². The Morgan fingerprint density at radius 1 is 0.482 bits per heavy atom. The molecule has 0 aromatic rings. The zero-order valence-corrected chi connectivity index (χ0v) is 38.2. The normalized spacial score (nSPS) is 12.8. The summed E-state index contributed by atoms with van der Waals surface area (Å²) in [6.45, 7) is 5.98. The van der Waals surface area contributed by atoms with Gasteiger partial charge >= 0.3 is 62.0 Å². The van der Waals surface area contributed by atoms with Crippen LogP contribution in [0.5, 0.6) is 0 Å². The number of rotatable bonds is 37. The van der Waals surface area contributed by atoms with E-state index in [1.807, 2.05) is 0 Å². The van der Waals surface area contributed by atoms with Crippen LogP contribution in [0.4, 0.5) is 9.59 Å². The second-order valence-electron chi connectivity index (χ2n) is 14.0. The summed E-state index contributed by atoms with van der Waals surface area (Å²) in [5.41, 5.74) is 0. The molecule has 0 aliphatic heterocycles. The van der Waals surface area contributed by atoms with Gasteiger partial charge in [-0.2, -0.15) is 0 Å². The van der Waals surface area contributed by atoms with E-state index in [2.05, 4.69) is 18.4 Å². The number of hydrogen-bond acceptors (Lipinski definition) is 14. The third-order valence-electron chi connectivity index (χ3n) is 9.02. The fraction of sp³-hybridized carbons (Fsp3) is 0.900. The summed E-state index contributed by atoms with van der Waals surface area (Å²) in [6.07, 6.45) is 16.7. The Kier molecular flexibility index (Phi) is 40.0. The van der Waals surface area contributed by atoms with Gasteiger partial charge in [0, 0.05) is 19.3 Å². The molecule has 0 saturated heterocycles. The molecule has 0 aromatic heterocycles. The fourth-order valence-corrected chi connectivity index (χ4v) is 6.33. The first-order valence-electron chi connectivity index (χ1n) is 21.1. The molecular formula is C40H73CaO14P. The predicted molar refractivity (Wildman–Crippen MR) is 211 cm³/mol. The van der Waals surface area contributed by atoms with Gasteiger partial charge in [0.05, 0.1) is 27.6 Å². The van der Waals surface area contributed by atoms with Crippen LogP contribution in [0, 0.1) is 0 Å². The van der Waals surface area contributed by atoms with Crippen molar-refractivity contribution in [2.24, 2.45) is 0 Å². The third kappa shape index (κ3) is 37.1. The first-order chi connectivity index (χ1) is 26.4. The predicted octanol–water partition coefficient (Wildman–Crippen LogP) is 8.78. The minimum atomic E-state index is -5.55. The van der Waals surface area contributed by atoms with Gasteiger partial charge in [0.15, 0.2) is 6.10 Å². The molecule has 0 fully saturated rings. The average molecular weight is 849 g/mol. The second kappa shape index (κ2) is 39.3. The molecule has 0 bridgehead atoms. The molecule has 0 aliphatic rings. The Balaban J connectivity index is 0. The van der Waals surface area contributed by atoms with Gasteiger partial charge < -0.3 is 47.3 Å². The monoisotopic (exact) mass is 848 g/mol. The fourth-order valence-electron chi connectivity index (χ4n) is 6.00. The van der Waals surface area contributed by atoms with Crippen LogP contribution in [0.1, 0.15) is 188 Å². The largest absolute Gasteiger partial charge is 2.00 e. The van der Waals surface area contributed by atoms with Gasteiger partial charge in [0.25, 0.3) is 0 Å². The molecule has 3 atom stereocenters. The number of ether oxygens (including phenoxy) is 6. The standard InChI is InChI=1S/C40H75O14P.Ca/c1-5-9-11-13-15-17-19-21-23-25-27-29-37(41)53-35(31-34(52-40(44)49-8-4)32-50-39(43)48-7-3)36(33-51-55(45,46)47)54-38(42)30-28-26-24-22-20-18-16-14-12-10-6-2;/h34-36H,5-33H2,1-4H3,(H2,45,46,47);/q;+2/p-2. The Bertz CT molecular complexity index is 1030. The summed E-state index contributed by atoms with van der Waals surface area (Å²) in [6, 6.07) is 0. The Morgan fingerprint density at radius 3 is 1.25 bits per heavy atom. The molecular weight excluding hydrogens is 775 g/mol. The minimum absolute atomic E-state index is 0. The van der Waals surface area contributed by atoms with Crippen molar-refractivity contribution in [3.63, 3.8) is 0 Å². The van der Waals surface area contributed by atoms with E-state index in [0.717, 1.165) is 51.4 Å². The third-order valence-corrected chi connectivity index (χ3v) is 9.48. The molecule has 3 unspecified atom stereocenters. The number of carbonyl (C=O) groups is 4. The van der Waals surface area contributed by atoms with Crippen LogP contribution in [-0.2, 0) is 47.1 Å². The van der Waals surface area contributed by atoms with E-state index in [4.69, 9.17) is 28.4 Å². The van der Waals surface area contributed by atoms with Gasteiger partial charge in [-0.25, -0.2) is 9.59 Å². The first-order valence-corrected chi connectivity index (χ1v) is 22.6. The molecule has 14 nitrogen and oxygen atoms in total. The molecule has 324 valence electrons. The van der Waals surface area contributed by atoms with Crippen molar-refractivity contribution >= 4 is 69.8 Å². The van der Waals surface area contributed by atoms with Crippen LogP contribution in [0.25, 0.3) is 0 Å². The second-order valence-corrected chi connectivity index (χ2v) is 15.2. The maximum Gasteiger partial charge on any atom is 2.00 e. The summed E-state index contributed by atoms with van der Waals surface area (Å²) in [7, 11) is -5.55. The Labute approximate surface area is 367 Å². The van der Waals surface area contributed by atoms with Gasteiger partial charge in [-0.3, -0.25) is 9.59 Å². The number of esters is 2. The number of phosphoric acid groups is 1. The topological polar surface area (TPSA) is 196 Å². The van der Waals surface area contributed by atoms with Crippen molar-refractivity contribution in [1.29, 1.82) is 0 Å². The van der Waals surface area contributed by atoms with E-state index in [0.29, 0.717) is 12.8 Å². The molecule has 0 saturated carbocycles. The van der Waals surface area contributed by atoms with E-state index in [1.54, 1.807) is 13.8 Å². The van der Waals surface area contributed by atoms with E-state index in [9.17, 15) is 33.5 Å². The number of phosphoric ester groups is 1. The van der Waals surface area contributed by atoms with Gasteiger partial charge in [0.2, 0.25) is 0 Å². The molecule has 16 heteroatoms. The van der Waals surface area contributed by atoms with Gasteiger partial charge in [-0.05, 0) is 26.7 Å². The molecule has 0 heterocycles. The molecule has 56 heavy (non-hydrogen) atoms. The van der Waals surface area contributed by atoms with E-state index in [-0.39, 0.29) is 63.8 Å².